The summed E-state index contributed by atoms with van der Waals surface area (Å²) in [4.78, 5) is 6.21. The van der Waals surface area contributed by atoms with E-state index in [9.17, 15) is 0 Å². The van der Waals surface area contributed by atoms with Crippen molar-refractivity contribution in [2.45, 2.75) is 0 Å². The van der Waals surface area contributed by atoms with Gasteiger partial charge in [-0.15, -0.1) is 0 Å². The smallest absolute Gasteiger partial charge is 0.222 e. The SMILES string of the molecule is Cn1c(-c2ccccc2)cc2oc(C=C3C(=S)c4cc5ccccc5cc4C3=S)nc21. The molecule has 2 heterocycles. The number of rotatable bonds is 2. The van der Waals surface area contributed by atoms with Gasteiger partial charge in [0, 0.05) is 35.9 Å². The van der Waals surface area contributed by atoms with E-state index >= 15 is 0 Å². The molecule has 0 saturated carbocycles. The Bertz CT molecular complexity index is 1520. The van der Waals surface area contributed by atoms with Crippen LogP contribution in [0.5, 0.6) is 0 Å². The highest BCUT2D eigenvalue weighted by Crippen LogP contribution is 2.34. The summed E-state index contributed by atoms with van der Waals surface area (Å²) in [6.45, 7) is 0. The molecule has 148 valence electrons. The monoisotopic (exact) mass is 436 g/mol. The molecule has 31 heavy (non-hydrogen) atoms. The maximum absolute atomic E-state index is 6.06. The Morgan fingerprint density at radius 2 is 1.45 bits per heavy atom. The number of allylic oxidation sites excluding steroid dienone is 1. The number of fused-ring (bicyclic) bond motifs is 3. The lowest BCUT2D eigenvalue weighted by Crippen LogP contribution is -1.98. The van der Waals surface area contributed by atoms with Crippen LogP contribution in [0.2, 0.25) is 0 Å². The van der Waals surface area contributed by atoms with Crippen LogP contribution in [0.3, 0.4) is 0 Å². The molecule has 0 unspecified atom stereocenters. The molecule has 5 heteroatoms. The van der Waals surface area contributed by atoms with Gasteiger partial charge in [0.1, 0.15) is 0 Å². The summed E-state index contributed by atoms with van der Waals surface area (Å²) in [6, 6.07) is 24.7. The van der Waals surface area contributed by atoms with Crippen molar-refractivity contribution in [1.82, 2.24) is 9.55 Å². The average Bonchev–Trinajstić information content (AvgIpc) is 3.41. The Labute approximate surface area is 189 Å². The first kappa shape index (κ1) is 18.4. The minimum absolute atomic E-state index is 0.511. The topological polar surface area (TPSA) is 31.0 Å². The maximum atomic E-state index is 6.06. The lowest BCUT2D eigenvalue weighted by atomic mass is 10.0. The molecule has 0 spiro atoms. The molecular weight excluding hydrogens is 420 g/mol. The van der Waals surface area contributed by atoms with Gasteiger partial charge in [0.15, 0.2) is 11.2 Å². The van der Waals surface area contributed by atoms with E-state index in [0.29, 0.717) is 5.89 Å². The van der Waals surface area contributed by atoms with Crippen molar-refractivity contribution in [3.05, 3.63) is 95.4 Å². The van der Waals surface area contributed by atoms with Gasteiger partial charge >= 0.3 is 0 Å². The molecule has 1 aliphatic carbocycles. The van der Waals surface area contributed by atoms with Crippen molar-refractivity contribution < 1.29 is 4.42 Å². The van der Waals surface area contributed by atoms with Gasteiger partial charge in [0.2, 0.25) is 5.89 Å². The predicted molar refractivity (Wildman–Crippen MR) is 134 cm³/mol. The van der Waals surface area contributed by atoms with Crippen molar-refractivity contribution in [3.8, 4) is 11.3 Å². The number of hydrogen-bond donors (Lipinski definition) is 0. The van der Waals surface area contributed by atoms with Gasteiger partial charge < -0.3 is 8.98 Å². The molecule has 0 atom stereocenters. The summed E-state index contributed by atoms with van der Waals surface area (Å²) >= 11 is 11.5. The van der Waals surface area contributed by atoms with Crippen LogP contribution in [0.4, 0.5) is 0 Å². The number of thiocarbonyl (C=S) groups is 2. The fourth-order valence-electron chi connectivity index (χ4n) is 4.22. The zero-order valence-electron chi connectivity index (χ0n) is 16.6. The van der Waals surface area contributed by atoms with Crippen LogP contribution in [-0.4, -0.2) is 19.3 Å². The molecule has 0 bridgehead atoms. The van der Waals surface area contributed by atoms with Gasteiger partial charge in [-0.1, -0.05) is 79.0 Å². The first-order valence-electron chi connectivity index (χ1n) is 9.96. The van der Waals surface area contributed by atoms with E-state index in [4.69, 9.17) is 33.8 Å². The molecule has 0 aliphatic heterocycles. The van der Waals surface area contributed by atoms with E-state index in [2.05, 4.69) is 36.4 Å². The summed E-state index contributed by atoms with van der Waals surface area (Å²) in [5, 5.41) is 2.31. The van der Waals surface area contributed by atoms with Crippen LogP contribution >= 0.6 is 24.4 Å². The molecule has 0 saturated heterocycles. The number of nitrogens with zero attached hydrogens (tertiary/aromatic N) is 2. The summed E-state index contributed by atoms with van der Waals surface area (Å²) in [7, 11) is 2.00. The van der Waals surface area contributed by atoms with Crippen molar-refractivity contribution in [2.75, 3.05) is 0 Å². The number of aryl methyl sites for hydroxylation is 1. The lowest BCUT2D eigenvalue weighted by Gasteiger charge is -2.02. The normalized spacial score (nSPS) is 13.4. The first-order chi connectivity index (χ1) is 15.1. The van der Waals surface area contributed by atoms with Crippen LogP contribution in [0.25, 0.3) is 39.3 Å². The number of oxazole rings is 1. The molecule has 0 N–H and O–H groups in total. The van der Waals surface area contributed by atoms with E-state index in [-0.39, 0.29) is 0 Å². The fraction of sp³-hybridized carbons (Fsp3) is 0.0385. The van der Waals surface area contributed by atoms with E-state index in [1.165, 1.54) is 0 Å². The largest absolute Gasteiger partial charge is 0.435 e. The van der Waals surface area contributed by atoms with Crippen molar-refractivity contribution in [2.24, 2.45) is 7.05 Å². The van der Waals surface area contributed by atoms with Gasteiger partial charge in [-0.25, -0.2) is 0 Å². The molecule has 3 nitrogen and oxygen atoms in total. The number of aromatic nitrogens is 2. The zero-order valence-corrected chi connectivity index (χ0v) is 18.3. The van der Waals surface area contributed by atoms with Crippen LogP contribution in [0.15, 0.2) is 82.8 Å². The Morgan fingerprint density at radius 1 is 0.839 bits per heavy atom. The second-order valence-corrected chi connectivity index (χ2v) is 8.47. The van der Waals surface area contributed by atoms with Crippen LogP contribution in [-0.2, 0) is 7.05 Å². The highest BCUT2D eigenvalue weighted by atomic mass is 32.1. The minimum Gasteiger partial charge on any atom is -0.435 e. The molecule has 5 aromatic rings. The van der Waals surface area contributed by atoms with E-state index in [1.807, 2.05) is 54.1 Å². The third-order valence-corrected chi connectivity index (χ3v) is 6.68. The third-order valence-electron chi connectivity index (χ3n) is 5.80. The molecule has 0 radical (unpaired) electrons. The van der Waals surface area contributed by atoms with Gasteiger partial charge in [0.05, 0.1) is 15.4 Å². The molecule has 2 aromatic heterocycles. The highest BCUT2D eigenvalue weighted by molar-refractivity contribution is 7.84. The summed E-state index contributed by atoms with van der Waals surface area (Å²) in [6.07, 6.45) is 1.87. The van der Waals surface area contributed by atoms with E-state index < -0.39 is 0 Å². The molecule has 3 aromatic carbocycles. The lowest BCUT2D eigenvalue weighted by molar-refractivity contribution is 0.589. The number of hydrogen-bond acceptors (Lipinski definition) is 4. The summed E-state index contributed by atoms with van der Waals surface area (Å²) < 4.78 is 8.10. The predicted octanol–water partition coefficient (Wildman–Crippen LogP) is 6.52. The molecule has 6 rings (SSSR count). The Balaban J connectivity index is 1.42. The Kier molecular flexibility index (Phi) is 4.03. The van der Waals surface area contributed by atoms with Gasteiger partial charge in [-0.05, 0) is 28.5 Å². The molecular formula is C26H16N2OS2. The van der Waals surface area contributed by atoms with Crippen molar-refractivity contribution in [3.63, 3.8) is 0 Å². The minimum atomic E-state index is 0.511. The van der Waals surface area contributed by atoms with Crippen LogP contribution in [0.1, 0.15) is 17.0 Å². The van der Waals surface area contributed by atoms with Crippen LogP contribution < -0.4 is 0 Å². The quantitative estimate of drug-likeness (QED) is 0.233. The molecule has 1 aliphatic rings. The Morgan fingerprint density at radius 3 is 2.06 bits per heavy atom. The molecule has 0 fully saturated rings. The van der Waals surface area contributed by atoms with Crippen LogP contribution in [0, 0.1) is 0 Å². The maximum Gasteiger partial charge on any atom is 0.222 e. The first-order valence-corrected chi connectivity index (χ1v) is 10.8. The third kappa shape index (κ3) is 2.81. The average molecular weight is 437 g/mol. The summed E-state index contributed by atoms with van der Waals surface area (Å²) in [5.74, 6) is 0.511. The second-order valence-electron chi connectivity index (χ2n) is 7.66. The van der Waals surface area contributed by atoms with Gasteiger partial charge in [-0.2, -0.15) is 4.98 Å². The van der Waals surface area contributed by atoms with Gasteiger partial charge in [0.25, 0.3) is 0 Å². The van der Waals surface area contributed by atoms with E-state index in [0.717, 1.165) is 59.7 Å². The molecule has 0 amide bonds. The number of benzene rings is 3. The summed E-state index contributed by atoms with van der Waals surface area (Å²) in [5.41, 5.74) is 6.56. The fourth-order valence-corrected chi connectivity index (χ4v) is 4.95. The standard InChI is InChI=1S/C26H16N2OS2/c1-28-21(15-7-3-2-4-8-15)14-22-26(28)27-23(29-22)13-20-24(30)18-11-16-9-5-6-10-17(16)12-19(18)25(20)31/h2-14H,1H3. The second kappa shape index (κ2) is 6.80. The Hall–Kier alpha value is -3.41. The highest BCUT2D eigenvalue weighted by Gasteiger charge is 2.28. The van der Waals surface area contributed by atoms with Crippen molar-refractivity contribution in [1.29, 1.82) is 0 Å². The van der Waals surface area contributed by atoms with Crippen molar-refractivity contribution >= 4 is 62.2 Å². The van der Waals surface area contributed by atoms with Gasteiger partial charge in [-0.3, -0.25) is 0 Å². The van der Waals surface area contributed by atoms with E-state index in [1.54, 1.807) is 0 Å². The zero-order chi connectivity index (χ0) is 21.1.